The van der Waals surface area contributed by atoms with Gasteiger partial charge in [-0.25, -0.2) is 4.98 Å². The van der Waals surface area contributed by atoms with Crippen LogP contribution in [0.5, 0.6) is 0 Å². The molecule has 1 aliphatic rings. The third-order valence-corrected chi connectivity index (χ3v) is 5.25. The highest BCUT2D eigenvalue weighted by molar-refractivity contribution is 5.94. The third-order valence-electron chi connectivity index (χ3n) is 5.25. The Bertz CT molecular complexity index is 1020. The molecule has 0 unspecified atom stereocenters. The summed E-state index contributed by atoms with van der Waals surface area (Å²) in [6, 6.07) is 15.1. The van der Waals surface area contributed by atoms with Gasteiger partial charge in [0.2, 0.25) is 0 Å². The molecule has 1 aromatic heterocycles. The van der Waals surface area contributed by atoms with Crippen LogP contribution in [0, 0.1) is 0 Å². The predicted octanol–water partition coefficient (Wildman–Crippen LogP) is 2.36. The molecule has 4 rings (SSSR count). The van der Waals surface area contributed by atoms with E-state index in [1.165, 1.54) is 18.4 Å². The molecule has 1 fully saturated rings. The minimum Gasteiger partial charge on any atom is -0.352 e. The van der Waals surface area contributed by atoms with E-state index in [1.54, 1.807) is 6.07 Å². The molecule has 2 heterocycles. The van der Waals surface area contributed by atoms with Crippen LogP contribution in [-0.4, -0.2) is 35.5 Å². The van der Waals surface area contributed by atoms with E-state index in [-0.39, 0.29) is 11.5 Å². The number of hydrogen-bond donors (Lipinski definition) is 3. The first-order valence-electron chi connectivity index (χ1n) is 9.77. The number of H-pyrrole nitrogens is 1. The maximum Gasteiger partial charge on any atom is 0.258 e. The number of rotatable bonds is 5. The Hall–Kier alpha value is -2.99. The molecule has 6 nitrogen and oxygen atoms in total. The lowest BCUT2D eigenvalue weighted by atomic mass is 9.91. The Morgan fingerprint density at radius 1 is 1.14 bits per heavy atom. The van der Waals surface area contributed by atoms with Crippen LogP contribution in [0.2, 0.25) is 0 Å². The van der Waals surface area contributed by atoms with Gasteiger partial charge in [-0.3, -0.25) is 9.59 Å². The summed E-state index contributed by atoms with van der Waals surface area (Å²) in [6.45, 7) is 2.51. The van der Waals surface area contributed by atoms with Gasteiger partial charge in [-0.15, -0.1) is 0 Å². The quantitative estimate of drug-likeness (QED) is 0.638. The number of carbonyl (C=O) groups is 1. The number of nitrogens with zero attached hydrogens (tertiary/aromatic N) is 1. The van der Waals surface area contributed by atoms with E-state index in [2.05, 4.69) is 32.7 Å². The Labute approximate surface area is 163 Å². The molecule has 1 saturated heterocycles. The van der Waals surface area contributed by atoms with Crippen molar-refractivity contribution < 1.29 is 4.79 Å². The second kappa shape index (κ2) is 8.35. The van der Waals surface area contributed by atoms with Crippen molar-refractivity contribution >= 4 is 16.8 Å². The zero-order chi connectivity index (χ0) is 19.3. The number of para-hydroxylation sites is 1. The maximum atomic E-state index is 12.4. The lowest BCUT2D eigenvalue weighted by Crippen LogP contribution is -2.28. The topological polar surface area (TPSA) is 86.9 Å². The summed E-state index contributed by atoms with van der Waals surface area (Å²) in [7, 11) is 0. The number of carbonyl (C=O) groups excluding carboxylic acids is 1. The van der Waals surface area contributed by atoms with E-state index in [9.17, 15) is 9.59 Å². The maximum absolute atomic E-state index is 12.4. The summed E-state index contributed by atoms with van der Waals surface area (Å²) in [4.78, 5) is 31.7. The van der Waals surface area contributed by atoms with Crippen LogP contribution >= 0.6 is 0 Å². The van der Waals surface area contributed by atoms with E-state index < -0.39 is 0 Å². The summed E-state index contributed by atoms with van der Waals surface area (Å²) in [5.74, 6) is 0.988. The van der Waals surface area contributed by atoms with Crippen LogP contribution in [0.1, 0.15) is 40.5 Å². The molecule has 6 heteroatoms. The molecule has 0 radical (unpaired) electrons. The normalized spacial score (nSPS) is 16.8. The lowest BCUT2D eigenvalue weighted by Gasteiger charge is -2.23. The molecule has 0 saturated carbocycles. The molecule has 3 N–H and O–H groups in total. The van der Waals surface area contributed by atoms with Gasteiger partial charge >= 0.3 is 0 Å². The van der Waals surface area contributed by atoms with E-state index in [0.29, 0.717) is 41.2 Å². The molecular weight excluding hydrogens is 352 g/mol. The second-order valence-corrected chi connectivity index (χ2v) is 7.20. The molecule has 1 amide bonds. The van der Waals surface area contributed by atoms with Gasteiger partial charge in [-0.05, 0) is 55.1 Å². The van der Waals surface area contributed by atoms with Crippen LogP contribution in [0.4, 0.5) is 0 Å². The van der Waals surface area contributed by atoms with Crippen molar-refractivity contribution in [1.29, 1.82) is 0 Å². The monoisotopic (exact) mass is 376 g/mol. The van der Waals surface area contributed by atoms with Gasteiger partial charge in [0.1, 0.15) is 5.82 Å². The first-order valence-corrected chi connectivity index (χ1v) is 9.77. The van der Waals surface area contributed by atoms with E-state index in [0.717, 1.165) is 13.1 Å². The highest BCUT2D eigenvalue weighted by Crippen LogP contribution is 2.23. The van der Waals surface area contributed by atoms with Crippen LogP contribution in [0.25, 0.3) is 10.9 Å². The Balaban J connectivity index is 1.35. The highest BCUT2D eigenvalue weighted by atomic mass is 16.1. The number of benzene rings is 2. The molecule has 0 spiro atoms. The van der Waals surface area contributed by atoms with Crippen molar-refractivity contribution in [3.05, 3.63) is 75.8 Å². The number of amides is 1. The van der Waals surface area contributed by atoms with E-state index >= 15 is 0 Å². The van der Waals surface area contributed by atoms with Crippen LogP contribution in [-0.2, 0) is 6.42 Å². The van der Waals surface area contributed by atoms with Crippen LogP contribution < -0.4 is 16.2 Å². The second-order valence-electron chi connectivity index (χ2n) is 7.20. The highest BCUT2D eigenvalue weighted by Gasteiger charge is 2.15. The van der Waals surface area contributed by atoms with E-state index in [4.69, 9.17) is 0 Å². The number of nitrogens with one attached hydrogen (secondary N) is 3. The van der Waals surface area contributed by atoms with Gasteiger partial charge in [0.05, 0.1) is 10.9 Å². The molecule has 1 aliphatic heterocycles. The SMILES string of the molecule is O=C(NCCc1nc2ccccc2c(=O)[nH]1)c1ccc([C@H]2CCCNC2)cc1. The summed E-state index contributed by atoms with van der Waals surface area (Å²) >= 11 is 0. The molecule has 3 aromatic rings. The average Bonchev–Trinajstić information content (AvgIpc) is 2.74. The fraction of sp³-hybridized carbons (Fsp3) is 0.318. The van der Waals surface area contributed by atoms with Gasteiger partial charge in [-0.1, -0.05) is 24.3 Å². The van der Waals surface area contributed by atoms with Crippen LogP contribution in [0.15, 0.2) is 53.3 Å². The molecule has 0 aliphatic carbocycles. The lowest BCUT2D eigenvalue weighted by molar-refractivity contribution is 0.0954. The van der Waals surface area contributed by atoms with Crippen molar-refractivity contribution in [3.63, 3.8) is 0 Å². The number of fused-ring (bicyclic) bond motifs is 1. The Morgan fingerprint density at radius 3 is 2.75 bits per heavy atom. The zero-order valence-corrected chi connectivity index (χ0v) is 15.7. The largest absolute Gasteiger partial charge is 0.352 e. The smallest absolute Gasteiger partial charge is 0.258 e. The standard InChI is InChI=1S/C22H24N4O2/c27-21(16-9-7-15(8-10-16)17-4-3-12-23-14-17)24-13-11-20-25-19-6-2-1-5-18(19)22(28)26-20/h1-2,5-10,17,23H,3-4,11-14H2,(H,24,27)(H,25,26,28)/t17-/m0/s1. The predicted molar refractivity (Wildman–Crippen MR) is 110 cm³/mol. The Kier molecular flexibility index (Phi) is 5.48. The van der Waals surface area contributed by atoms with Crippen molar-refractivity contribution in [2.45, 2.75) is 25.2 Å². The zero-order valence-electron chi connectivity index (χ0n) is 15.7. The fourth-order valence-corrected chi connectivity index (χ4v) is 3.69. The average molecular weight is 376 g/mol. The van der Waals surface area contributed by atoms with Gasteiger partial charge in [0.25, 0.3) is 11.5 Å². The summed E-state index contributed by atoms with van der Waals surface area (Å²) in [6.07, 6.45) is 2.85. The van der Waals surface area contributed by atoms with Crippen molar-refractivity contribution in [3.8, 4) is 0 Å². The molecule has 0 bridgehead atoms. The number of piperidine rings is 1. The molecule has 144 valence electrons. The molecule has 1 atom stereocenters. The number of aromatic nitrogens is 2. The van der Waals surface area contributed by atoms with Gasteiger partial charge < -0.3 is 15.6 Å². The van der Waals surface area contributed by atoms with Crippen molar-refractivity contribution in [2.24, 2.45) is 0 Å². The minimum atomic E-state index is -0.153. The fourth-order valence-electron chi connectivity index (χ4n) is 3.69. The number of hydrogen-bond acceptors (Lipinski definition) is 4. The Morgan fingerprint density at radius 2 is 1.96 bits per heavy atom. The third kappa shape index (κ3) is 4.12. The summed E-state index contributed by atoms with van der Waals surface area (Å²) in [5.41, 5.74) is 2.44. The molecular formula is C22H24N4O2. The van der Waals surface area contributed by atoms with Gasteiger partial charge in [-0.2, -0.15) is 0 Å². The van der Waals surface area contributed by atoms with Crippen LogP contribution in [0.3, 0.4) is 0 Å². The summed E-state index contributed by atoms with van der Waals surface area (Å²) in [5, 5.41) is 6.89. The number of aromatic amines is 1. The van der Waals surface area contributed by atoms with Crippen molar-refractivity contribution in [1.82, 2.24) is 20.6 Å². The van der Waals surface area contributed by atoms with Gasteiger partial charge in [0.15, 0.2) is 0 Å². The van der Waals surface area contributed by atoms with Crippen molar-refractivity contribution in [2.75, 3.05) is 19.6 Å². The minimum absolute atomic E-state index is 0.114. The van der Waals surface area contributed by atoms with Gasteiger partial charge in [0, 0.05) is 25.1 Å². The molecule has 28 heavy (non-hydrogen) atoms. The van der Waals surface area contributed by atoms with E-state index in [1.807, 2.05) is 30.3 Å². The molecule has 2 aromatic carbocycles. The first kappa shape index (κ1) is 18.4. The summed E-state index contributed by atoms with van der Waals surface area (Å²) < 4.78 is 0. The first-order chi connectivity index (χ1) is 13.7.